The first-order chi connectivity index (χ1) is 8.60. The zero-order chi connectivity index (χ0) is 13.1. The van der Waals surface area contributed by atoms with E-state index in [1.54, 1.807) is 7.11 Å². The Bertz CT molecular complexity index is 412. The van der Waals surface area contributed by atoms with Crippen molar-refractivity contribution >= 4 is 5.91 Å². The second kappa shape index (κ2) is 5.57. The van der Waals surface area contributed by atoms with Gasteiger partial charge in [-0.3, -0.25) is 4.79 Å². The van der Waals surface area contributed by atoms with Gasteiger partial charge in [-0.25, -0.2) is 0 Å². The molecule has 0 aromatic carbocycles. The van der Waals surface area contributed by atoms with Gasteiger partial charge in [-0.05, 0) is 18.1 Å². The van der Waals surface area contributed by atoms with Crippen molar-refractivity contribution in [1.29, 1.82) is 0 Å². The van der Waals surface area contributed by atoms with Gasteiger partial charge in [0.1, 0.15) is 0 Å². The number of fused-ring (bicyclic) bond motifs is 1. The number of rotatable bonds is 3. The van der Waals surface area contributed by atoms with Crippen LogP contribution in [0, 0.1) is 5.92 Å². The van der Waals surface area contributed by atoms with Crippen molar-refractivity contribution < 1.29 is 9.53 Å². The minimum atomic E-state index is 0.0785. The second-order valence-corrected chi connectivity index (χ2v) is 5.38. The molecule has 0 N–H and O–H groups in total. The third kappa shape index (κ3) is 2.93. The summed E-state index contributed by atoms with van der Waals surface area (Å²) in [6.07, 6.45) is 2.74. The average Bonchev–Trinajstić information content (AvgIpc) is 2.65. The van der Waals surface area contributed by atoms with Gasteiger partial charge in [-0.1, -0.05) is 13.8 Å². The van der Waals surface area contributed by atoms with Crippen LogP contribution >= 0.6 is 0 Å². The van der Waals surface area contributed by atoms with Crippen molar-refractivity contribution in [2.24, 2.45) is 5.92 Å². The lowest BCUT2D eigenvalue weighted by atomic mass is 10.1. The van der Waals surface area contributed by atoms with E-state index >= 15 is 0 Å². The maximum atomic E-state index is 12.2. The summed E-state index contributed by atoms with van der Waals surface area (Å²) < 4.78 is 7.65. The molecule has 18 heavy (non-hydrogen) atoms. The topological polar surface area (TPSA) is 34.5 Å². The van der Waals surface area contributed by atoms with Crippen LogP contribution in [0.3, 0.4) is 0 Å². The van der Waals surface area contributed by atoms with Gasteiger partial charge in [0.05, 0.1) is 19.2 Å². The minimum absolute atomic E-state index is 0.0785. The van der Waals surface area contributed by atoms with Gasteiger partial charge in [-0.2, -0.15) is 0 Å². The summed E-state index contributed by atoms with van der Waals surface area (Å²) >= 11 is 0. The molecule has 1 aromatic rings. The summed E-state index contributed by atoms with van der Waals surface area (Å²) in [5.41, 5.74) is 1.19. The van der Waals surface area contributed by atoms with Crippen molar-refractivity contribution in [3.8, 4) is 0 Å². The summed E-state index contributed by atoms with van der Waals surface area (Å²) in [6.45, 7) is 6.35. The highest BCUT2D eigenvalue weighted by Crippen LogP contribution is 2.17. The number of carbonyl (C=O) groups is 1. The van der Waals surface area contributed by atoms with Gasteiger partial charge in [0, 0.05) is 32.0 Å². The molecule has 0 saturated carbocycles. The fourth-order valence-electron chi connectivity index (χ4n) is 2.37. The number of ether oxygens (including phenoxy) is 1. The third-order valence-corrected chi connectivity index (χ3v) is 3.37. The summed E-state index contributed by atoms with van der Waals surface area (Å²) in [5.74, 6) is 0.621. The number of hydrogen-bond donors (Lipinski definition) is 0. The molecular formula is C14H22N2O2. The van der Waals surface area contributed by atoms with Crippen LogP contribution in [0.5, 0.6) is 0 Å². The Hall–Kier alpha value is -1.29. The molecule has 1 amide bonds. The Kier molecular flexibility index (Phi) is 4.07. The van der Waals surface area contributed by atoms with E-state index in [4.69, 9.17) is 4.74 Å². The molecule has 2 heterocycles. The first-order valence-electron chi connectivity index (χ1n) is 6.54. The predicted octanol–water partition coefficient (Wildman–Crippen LogP) is 1.89. The Morgan fingerprint density at radius 2 is 2.28 bits per heavy atom. The largest absolute Gasteiger partial charge is 0.378 e. The molecule has 2 rings (SSSR count). The molecule has 1 atom stereocenters. The van der Waals surface area contributed by atoms with Crippen molar-refractivity contribution in [1.82, 2.24) is 9.47 Å². The molecular weight excluding hydrogens is 228 g/mol. The maximum absolute atomic E-state index is 12.2. The van der Waals surface area contributed by atoms with E-state index in [1.165, 1.54) is 5.69 Å². The van der Waals surface area contributed by atoms with E-state index in [-0.39, 0.29) is 12.0 Å². The number of nitrogens with zero attached hydrogens (tertiary/aromatic N) is 2. The maximum Gasteiger partial charge on any atom is 0.223 e. The van der Waals surface area contributed by atoms with Crippen LogP contribution in [0.1, 0.15) is 26.0 Å². The van der Waals surface area contributed by atoms with Crippen molar-refractivity contribution in [3.05, 3.63) is 24.0 Å². The van der Waals surface area contributed by atoms with Crippen LogP contribution in [0.25, 0.3) is 0 Å². The fourth-order valence-corrected chi connectivity index (χ4v) is 2.37. The molecule has 0 spiro atoms. The van der Waals surface area contributed by atoms with Gasteiger partial charge in [0.2, 0.25) is 5.91 Å². The van der Waals surface area contributed by atoms with Crippen LogP contribution in [-0.4, -0.2) is 35.1 Å². The van der Waals surface area contributed by atoms with Gasteiger partial charge in [0.15, 0.2) is 0 Å². The predicted molar refractivity (Wildman–Crippen MR) is 70.1 cm³/mol. The zero-order valence-corrected chi connectivity index (χ0v) is 11.4. The van der Waals surface area contributed by atoms with E-state index in [0.29, 0.717) is 25.4 Å². The van der Waals surface area contributed by atoms with Crippen molar-refractivity contribution in [2.45, 2.75) is 39.5 Å². The SMILES string of the molecule is COC1CN(C(=O)CC(C)C)Cc2cccn2C1. The first-order valence-corrected chi connectivity index (χ1v) is 6.54. The minimum Gasteiger partial charge on any atom is -0.378 e. The standard InChI is InChI=1S/C14H22N2O2/c1-11(2)7-14(17)16-8-12-5-4-6-15(12)9-13(10-16)18-3/h4-6,11,13H,7-10H2,1-3H3. The van der Waals surface area contributed by atoms with Crippen molar-refractivity contribution in [2.75, 3.05) is 13.7 Å². The number of amides is 1. The van der Waals surface area contributed by atoms with E-state index < -0.39 is 0 Å². The van der Waals surface area contributed by atoms with E-state index in [9.17, 15) is 4.79 Å². The molecule has 4 nitrogen and oxygen atoms in total. The smallest absolute Gasteiger partial charge is 0.223 e. The fraction of sp³-hybridized carbons (Fsp3) is 0.643. The summed E-state index contributed by atoms with van der Waals surface area (Å²) in [6, 6.07) is 4.10. The van der Waals surface area contributed by atoms with Gasteiger partial charge in [0.25, 0.3) is 0 Å². The first kappa shape index (κ1) is 13.1. The monoisotopic (exact) mass is 250 g/mol. The molecule has 1 aliphatic heterocycles. The highest BCUT2D eigenvalue weighted by Gasteiger charge is 2.24. The molecule has 0 radical (unpaired) electrons. The summed E-state index contributed by atoms with van der Waals surface area (Å²) in [4.78, 5) is 14.1. The normalized spacial score (nSPS) is 19.8. The highest BCUT2D eigenvalue weighted by molar-refractivity contribution is 5.76. The molecule has 100 valence electrons. The summed E-state index contributed by atoms with van der Waals surface area (Å²) in [5, 5.41) is 0. The van der Waals surface area contributed by atoms with Crippen LogP contribution < -0.4 is 0 Å². The number of carbonyl (C=O) groups excluding carboxylic acids is 1. The Morgan fingerprint density at radius 1 is 1.50 bits per heavy atom. The average molecular weight is 250 g/mol. The highest BCUT2D eigenvalue weighted by atomic mass is 16.5. The molecule has 1 aliphatic rings. The Labute approximate surface area is 109 Å². The number of hydrogen-bond acceptors (Lipinski definition) is 2. The quantitative estimate of drug-likeness (QED) is 0.821. The molecule has 0 bridgehead atoms. The van der Waals surface area contributed by atoms with Crippen LogP contribution in [0.2, 0.25) is 0 Å². The van der Waals surface area contributed by atoms with Crippen LogP contribution in [0.15, 0.2) is 18.3 Å². The van der Waals surface area contributed by atoms with Gasteiger partial charge in [-0.15, -0.1) is 0 Å². The number of methoxy groups -OCH3 is 1. The van der Waals surface area contributed by atoms with Crippen molar-refractivity contribution in [3.63, 3.8) is 0 Å². The van der Waals surface area contributed by atoms with E-state index in [0.717, 1.165) is 6.54 Å². The zero-order valence-electron chi connectivity index (χ0n) is 11.4. The summed E-state index contributed by atoms with van der Waals surface area (Å²) in [7, 11) is 1.71. The van der Waals surface area contributed by atoms with E-state index in [1.807, 2.05) is 11.0 Å². The number of aromatic nitrogens is 1. The molecule has 1 aromatic heterocycles. The molecule has 0 saturated heterocycles. The molecule has 0 fully saturated rings. The van der Waals surface area contributed by atoms with Crippen LogP contribution in [-0.2, 0) is 22.6 Å². The van der Waals surface area contributed by atoms with Gasteiger partial charge < -0.3 is 14.2 Å². The third-order valence-electron chi connectivity index (χ3n) is 3.37. The second-order valence-electron chi connectivity index (χ2n) is 5.38. The lowest BCUT2D eigenvalue weighted by Gasteiger charge is -2.24. The van der Waals surface area contributed by atoms with Gasteiger partial charge >= 0.3 is 0 Å². The molecule has 1 unspecified atom stereocenters. The Morgan fingerprint density at radius 3 is 2.94 bits per heavy atom. The molecule has 4 heteroatoms. The molecule has 0 aliphatic carbocycles. The Balaban J connectivity index is 2.14. The van der Waals surface area contributed by atoms with E-state index in [2.05, 4.69) is 30.7 Å². The van der Waals surface area contributed by atoms with Crippen LogP contribution in [0.4, 0.5) is 0 Å². The lowest BCUT2D eigenvalue weighted by Crippen LogP contribution is -2.37. The lowest BCUT2D eigenvalue weighted by molar-refractivity contribution is -0.134.